The van der Waals surface area contributed by atoms with Crippen molar-refractivity contribution in [3.63, 3.8) is 0 Å². The lowest BCUT2D eigenvalue weighted by Crippen LogP contribution is -2.41. The molecule has 13 heavy (non-hydrogen) atoms. The lowest BCUT2D eigenvalue weighted by Gasteiger charge is -2.32. The molecular formula is C11H23NO. The Balaban J connectivity index is 2.54. The fraction of sp³-hybridized carbons (Fsp3) is 1.00. The van der Waals surface area contributed by atoms with E-state index in [0.717, 1.165) is 12.8 Å². The second-order valence-corrected chi connectivity index (χ2v) is 4.77. The molecule has 1 rings (SSSR count). The highest BCUT2D eigenvalue weighted by molar-refractivity contribution is 5.00. The third-order valence-electron chi connectivity index (χ3n) is 3.61. The highest BCUT2D eigenvalue weighted by atomic mass is 16.3. The number of rotatable bonds is 5. The van der Waals surface area contributed by atoms with E-state index in [9.17, 15) is 5.11 Å². The molecule has 0 aromatic carbocycles. The first-order chi connectivity index (χ1) is 6.04. The van der Waals surface area contributed by atoms with E-state index in [4.69, 9.17) is 5.73 Å². The fourth-order valence-electron chi connectivity index (χ4n) is 2.44. The topological polar surface area (TPSA) is 46.2 Å². The molecule has 0 aromatic heterocycles. The number of aliphatic hydroxyl groups is 1. The third-order valence-corrected chi connectivity index (χ3v) is 3.61. The molecule has 0 aliphatic heterocycles. The Morgan fingerprint density at radius 1 is 1.62 bits per heavy atom. The van der Waals surface area contributed by atoms with Crippen molar-refractivity contribution in [2.75, 3.05) is 6.54 Å². The summed E-state index contributed by atoms with van der Waals surface area (Å²) in [5.41, 5.74) is 5.17. The van der Waals surface area contributed by atoms with Crippen LogP contribution in [0, 0.1) is 17.8 Å². The minimum atomic E-state index is -0.524. The van der Waals surface area contributed by atoms with Gasteiger partial charge >= 0.3 is 0 Å². The molecule has 78 valence electrons. The third kappa shape index (κ3) is 2.23. The van der Waals surface area contributed by atoms with E-state index in [2.05, 4.69) is 13.8 Å². The van der Waals surface area contributed by atoms with Gasteiger partial charge < -0.3 is 10.8 Å². The van der Waals surface area contributed by atoms with Crippen LogP contribution in [0.25, 0.3) is 0 Å². The Labute approximate surface area is 81.5 Å². The molecule has 1 fully saturated rings. The molecule has 1 saturated carbocycles. The Bertz CT molecular complexity index is 167. The van der Waals surface area contributed by atoms with Crippen LogP contribution in [0.1, 0.15) is 40.0 Å². The lowest BCUT2D eigenvalue weighted by molar-refractivity contribution is -0.0258. The molecule has 0 heterocycles. The van der Waals surface area contributed by atoms with Gasteiger partial charge in [-0.15, -0.1) is 0 Å². The van der Waals surface area contributed by atoms with Crippen molar-refractivity contribution < 1.29 is 5.11 Å². The molecule has 0 saturated heterocycles. The van der Waals surface area contributed by atoms with E-state index >= 15 is 0 Å². The second-order valence-electron chi connectivity index (χ2n) is 4.77. The van der Waals surface area contributed by atoms with Crippen LogP contribution in [0.5, 0.6) is 0 Å². The Hall–Kier alpha value is -0.0800. The molecule has 0 bridgehead atoms. The van der Waals surface area contributed by atoms with Crippen molar-refractivity contribution >= 4 is 0 Å². The summed E-state index contributed by atoms with van der Waals surface area (Å²) in [6.07, 6.45) is 3.33. The van der Waals surface area contributed by atoms with Crippen molar-refractivity contribution in [3.8, 4) is 0 Å². The van der Waals surface area contributed by atoms with E-state index in [1.54, 1.807) is 0 Å². The van der Waals surface area contributed by atoms with E-state index < -0.39 is 5.60 Å². The lowest BCUT2D eigenvalue weighted by atomic mass is 9.81. The average Bonchev–Trinajstić information content (AvgIpc) is 2.78. The molecule has 3 N–H and O–H groups in total. The van der Waals surface area contributed by atoms with Crippen molar-refractivity contribution in [2.24, 2.45) is 23.5 Å². The first kappa shape index (κ1) is 11.0. The van der Waals surface area contributed by atoms with E-state index in [1.807, 2.05) is 6.92 Å². The van der Waals surface area contributed by atoms with Gasteiger partial charge in [-0.05, 0) is 44.1 Å². The Kier molecular flexibility index (Phi) is 3.36. The van der Waals surface area contributed by atoms with Crippen molar-refractivity contribution in [3.05, 3.63) is 0 Å². The number of hydrogen-bond donors (Lipinski definition) is 2. The van der Waals surface area contributed by atoms with Crippen LogP contribution >= 0.6 is 0 Å². The Morgan fingerprint density at radius 2 is 2.15 bits per heavy atom. The van der Waals surface area contributed by atoms with E-state index in [0.29, 0.717) is 18.4 Å². The van der Waals surface area contributed by atoms with E-state index in [-0.39, 0.29) is 5.92 Å². The zero-order valence-electron chi connectivity index (χ0n) is 9.09. The van der Waals surface area contributed by atoms with Crippen molar-refractivity contribution in [1.29, 1.82) is 0 Å². The van der Waals surface area contributed by atoms with Gasteiger partial charge in [-0.25, -0.2) is 0 Å². The van der Waals surface area contributed by atoms with Crippen LogP contribution in [-0.2, 0) is 0 Å². The van der Waals surface area contributed by atoms with Gasteiger partial charge in [0.2, 0.25) is 0 Å². The first-order valence-electron chi connectivity index (χ1n) is 5.46. The van der Waals surface area contributed by atoms with Crippen LogP contribution in [0.3, 0.4) is 0 Å². The SMILES string of the molecule is CCCC(CN)C(C)(O)C1CC1C. The zero-order valence-corrected chi connectivity index (χ0v) is 9.09. The fourth-order valence-corrected chi connectivity index (χ4v) is 2.44. The van der Waals surface area contributed by atoms with Crippen LogP contribution < -0.4 is 5.73 Å². The molecule has 1 aliphatic rings. The monoisotopic (exact) mass is 185 g/mol. The van der Waals surface area contributed by atoms with Crippen LogP contribution in [0.4, 0.5) is 0 Å². The average molecular weight is 185 g/mol. The summed E-state index contributed by atoms with van der Waals surface area (Å²) in [4.78, 5) is 0. The molecule has 0 aromatic rings. The van der Waals surface area contributed by atoms with Gasteiger partial charge in [-0.2, -0.15) is 0 Å². The van der Waals surface area contributed by atoms with Gasteiger partial charge in [-0.3, -0.25) is 0 Å². The summed E-state index contributed by atoms with van der Waals surface area (Å²) < 4.78 is 0. The van der Waals surface area contributed by atoms with Crippen LogP contribution in [-0.4, -0.2) is 17.3 Å². The molecule has 0 amide bonds. The normalized spacial score (nSPS) is 33.9. The van der Waals surface area contributed by atoms with Gasteiger partial charge in [0, 0.05) is 0 Å². The molecule has 2 nitrogen and oxygen atoms in total. The molecule has 4 unspecified atom stereocenters. The van der Waals surface area contributed by atoms with Crippen molar-refractivity contribution in [2.45, 2.75) is 45.6 Å². The zero-order chi connectivity index (χ0) is 10.1. The quantitative estimate of drug-likeness (QED) is 0.685. The maximum absolute atomic E-state index is 10.3. The standard InChI is InChI=1S/C11H23NO/c1-4-5-9(7-12)11(3,13)10-6-8(10)2/h8-10,13H,4-7,12H2,1-3H3. The summed E-state index contributed by atoms with van der Waals surface area (Å²) >= 11 is 0. The summed E-state index contributed by atoms with van der Waals surface area (Å²) in [5, 5.41) is 10.3. The molecular weight excluding hydrogens is 162 g/mol. The van der Waals surface area contributed by atoms with Gasteiger partial charge in [0.15, 0.2) is 0 Å². The smallest absolute Gasteiger partial charge is 0.0690 e. The summed E-state index contributed by atoms with van der Waals surface area (Å²) in [7, 11) is 0. The first-order valence-corrected chi connectivity index (χ1v) is 5.46. The predicted octanol–water partition coefficient (Wildman–Crippen LogP) is 1.77. The molecule has 0 radical (unpaired) electrons. The van der Waals surface area contributed by atoms with Crippen LogP contribution in [0.15, 0.2) is 0 Å². The number of nitrogens with two attached hydrogens (primary N) is 1. The molecule has 0 spiro atoms. The minimum Gasteiger partial charge on any atom is -0.390 e. The maximum atomic E-state index is 10.3. The largest absolute Gasteiger partial charge is 0.390 e. The number of hydrogen-bond acceptors (Lipinski definition) is 2. The van der Waals surface area contributed by atoms with Crippen LogP contribution in [0.2, 0.25) is 0 Å². The molecule has 2 heteroatoms. The minimum absolute atomic E-state index is 0.285. The molecule has 1 aliphatic carbocycles. The van der Waals surface area contributed by atoms with E-state index in [1.165, 1.54) is 6.42 Å². The summed E-state index contributed by atoms with van der Waals surface area (Å²) in [6, 6.07) is 0. The van der Waals surface area contributed by atoms with Gasteiger partial charge in [0.25, 0.3) is 0 Å². The van der Waals surface area contributed by atoms with Gasteiger partial charge in [0.05, 0.1) is 5.60 Å². The maximum Gasteiger partial charge on any atom is 0.0690 e. The predicted molar refractivity (Wildman–Crippen MR) is 55.3 cm³/mol. The second kappa shape index (κ2) is 3.97. The molecule has 4 atom stereocenters. The van der Waals surface area contributed by atoms with Crippen molar-refractivity contribution in [1.82, 2.24) is 0 Å². The highest BCUT2D eigenvalue weighted by Gasteiger charge is 2.49. The summed E-state index contributed by atoms with van der Waals surface area (Å²) in [6.45, 7) is 6.94. The highest BCUT2D eigenvalue weighted by Crippen LogP contribution is 2.49. The summed E-state index contributed by atoms with van der Waals surface area (Å²) in [5.74, 6) is 1.47. The van der Waals surface area contributed by atoms with Gasteiger partial charge in [-0.1, -0.05) is 20.3 Å². The Morgan fingerprint density at radius 3 is 2.46 bits per heavy atom. The van der Waals surface area contributed by atoms with Gasteiger partial charge in [0.1, 0.15) is 0 Å².